The Bertz CT molecular complexity index is 628. The zero-order valence-corrected chi connectivity index (χ0v) is 11.7. The van der Waals surface area contributed by atoms with Crippen LogP contribution in [0.5, 0.6) is 0 Å². The molecule has 1 N–H and O–H groups in total. The molecule has 1 heterocycles. The Labute approximate surface area is 117 Å². The third-order valence-electron chi connectivity index (χ3n) is 3.53. The highest BCUT2D eigenvalue weighted by atomic mass is 16.6. The van der Waals surface area contributed by atoms with E-state index in [1.165, 1.54) is 12.1 Å². The van der Waals surface area contributed by atoms with E-state index >= 15 is 0 Å². The van der Waals surface area contributed by atoms with Crippen LogP contribution in [0.15, 0.2) is 28.7 Å². The second-order valence-electron chi connectivity index (χ2n) is 4.90. The molecule has 2 aromatic rings. The molecule has 0 aliphatic rings. The van der Waals surface area contributed by atoms with Crippen molar-refractivity contribution in [2.24, 2.45) is 0 Å². The first-order chi connectivity index (χ1) is 9.40. The van der Waals surface area contributed by atoms with Gasteiger partial charge in [0.1, 0.15) is 11.5 Å². The molecule has 106 valence electrons. The van der Waals surface area contributed by atoms with Crippen molar-refractivity contribution in [2.75, 3.05) is 0 Å². The summed E-state index contributed by atoms with van der Waals surface area (Å²) in [6, 6.07) is 6.22. The molecule has 0 bridgehead atoms. The summed E-state index contributed by atoms with van der Waals surface area (Å²) in [6.07, 6.45) is -0.271. The van der Waals surface area contributed by atoms with Crippen LogP contribution in [0.1, 0.15) is 34.3 Å². The van der Waals surface area contributed by atoms with Gasteiger partial charge in [-0.05, 0) is 31.9 Å². The van der Waals surface area contributed by atoms with Crippen molar-refractivity contribution in [2.45, 2.75) is 33.3 Å². The summed E-state index contributed by atoms with van der Waals surface area (Å²) in [5.74, 6) is 1.52. The number of non-ortho nitro benzene ring substituents is 1. The van der Waals surface area contributed by atoms with Gasteiger partial charge in [-0.1, -0.05) is 12.1 Å². The Morgan fingerprint density at radius 2 is 1.80 bits per heavy atom. The second kappa shape index (κ2) is 5.46. The van der Waals surface area contributed by atoms with Gasteiger partial charge in [0.25, 0.3) is 5.69 Å². The van der Waals surface area contributed by atoms with Gasteiger partial charge in [0.2, 0.25) is 0 Å². The minimum atomic E-state index is -0.672. The summed E-state index contributed by atoms with van der Waals surface area (Å²) in [5, 5.41) is 20.9. The fourth-order valence-electron chi connectivity index (χ4n) is 2.38. The zero-order chi connectivity index (χ0) is 14.9. The first-order valence-electron chi connectivity index (χ1n) is 6.38. The first kappa shape index (κ1) is 14.3. The fourth-order valence-corrected chi connectivity index (χ4v) is 2.38. The van der Waals surface area contributed by atoms with E-state index in [1.807, 2.05) is 20.8 Å². The molecule has 5 heteroatoms. The van der Waals surface area contributed by atoms with E-state index in [9.17, 15) is 15.2 Å². The first-order valence-corrected chi connectivity index (χ1v) is 6.38. The van der Waals surface area contributed by atoms with Gasteiger partial charge in [-0.15, -0.1) is 0 Å². The second-order valence-corrected chi connectivity index (χ2v) is 4.90. The number of nitro benzene ring substituents is 1. The third-order valence-corrected chi connectivity index (χ3v) is 3.53. The average molecular weight is 275 g/mol. The van der Waals surface area contributed by atoms with E-state index in [2.05, 4.69) is 0 Å². The largest absolute Gasteiger partial charge is 0.466 e. The minimum Gasteiger partial charge on any atom is -0.466 e. The zero-order valence-electron chi connectivity index (χ0n) is 11.7. The molecule has 1 unspecified atom stereocenters. The molecule has 2 rings (SSSR count). The normalized spacial score (nSPS) is 12.4. The van der Waals surface area contributed by atoms with Gasteiger partial charge in [-0.3, -0.25) is 10.1 Å². The number of nitrogens with zero attached hydrogens (tertiary/aromatic N) is 1. The summed E-state index contributed by atoms with van der Waals surface area (Å²) in [7, 11) is 0. The number of furan rings is 1. The smallest absolute Gasteiger partial charge is 0.269 e. The Morgan fingerprint density at radius 3 is 2.25 bits per heavy atom. The molecule has 0 radical (unpaired) electrons. The van der Waals surface area contributed by atoms with Crippen molar-refractivity contribution in [3.63, 3.8) is 0 Å². The van der Waals surface area contributed by atoms with Gasteiger partial charge < -0.3 is 9.52 Å². The highest BCUT2D eigenvalue weighted by Crippen LogP contribution is 2.29. The van der Waals surface area contributed by atoms with Gasteiger partial charge in [-0.25, -0.2) is 0 Å². The van der Waals surface area contributed by atoms with Crippen LogP contribution < -0.4 is 0 Å². The molecule has 5 nitrogen and oxygen atoms in total. The third kappa shape index (κ3) is 2.72. The Morgan fingerprint density at radius 1 is 1.20 bits per heavy atom. The van der Waals surface area contributed by atoms with Crippen LogP contribution in [0.25, 0.3) is 0 Å². The Hall–Kier alpha value is -2.14. The van der Waals surface area contributed by atoms with E-state index in [1.54, 1.807) is 12.1 Å². The SMILES string of the molecule is Cc1oc(C)c(C(O)Cc2ccc([N+](=O)[O-])cc2)c1C. The Kier molecular flexibility index (Phi) is 3.90. The molecule has 0 saturated carbocycles. The van der Waals surface area contributed by atoms with E-state index in [4.69, 9.17) is 4.42 Å². The lowest BCUT2D eigenvalue weighted by molar-refractivity contribution is -0.384. The van der Waals surface area contributed by atoms with Gasteiger partial charge in [0.15, 0.2) is 0 Å². The molecule has 0 aliphatic heterocycles. The topological polar surface area (TPSA) is 76.5 Å². The average Bonchev–Trinajstić information content (AvgIpc) is 2.63. The predicted molar refractivity (Wildman–Crippen MR) is 74.7 cm³/mol. The summed E-state index contributed by atoms with van der Waals surface area (Å²) in [5.41, 5.74) is 2.66. The fraction of sp³-hybridized carbons (Fsp3) is 0.333. The lowest BCUT2D eigenvalue weighted by atomic mass is 9.98. The van der Waals surface area contributed by atoms with Gasteiger partial charge >= 0.3 is 0 Å². The number of aliphatic hydroxyl groups is 1. The lowest BCUT2D eigenvalue weighted by Crippen LogP contribution is -2.04. The van der Waals surface area contributed by atoms with Crippen molar-refractivity contribution < 1.29 is 14.4 Å². The molecule has 1 aromatic carbocycles. The van der Waals surface area contributed by atoms with Crippen LogP contribution in [0.2, 0.25) is 0 Å². The van der Waals surface area contributed by atoms with Crippen molar-refractivity contribution in [1.82, 2.24) is 0 Å². The number of hydrogen-bond donors (Lipinski definition) is 1. The van der Waals surface area contributed by atoms with Gasteiger partial charge in [-0.2, -0.15) is 0 Å². The van der Waals surface area contributed by atoms with Crippen LogP contribution >= 0.6 is 0 Å². The lowest BCUT2D eigenvalue weighted by Gasteiger charge is -2.11. The quantitative estimate of drug-likeness (QED) is 0.685. The number of rotatable bonds is 4. The molecule has 1 atom stereocenters. The number of hydrogen-bond acceptors (Lipinski definition) is 4. The van der Waals surface area contributed by atoms with Crippen LogP contribution in [0.3, 0.4) is 0 Å². The van der Waals surface area contributed by atoms with E-state index in [-0.39, 0.29) is 5.69 Å². The molecule has 0 spiro atoms. The molecular formula is C15H17NO4. The molecule has 1 aromatic heterocycles. The van der Waals surface area contributed by atoms with Crippen molar-refractivity contribution in [1.29, 1.82) is 0 Å². The maximum atomic E-state index is 10.6. The van der Waals surface area contributed by atoms with Gasteiger partial charge in [0.05, 0.1) is 11.0 Å². The predicted octanol–water partition coefficient (Wildman–Crippen LogP) is 3.39. The molecule has 0 amide bonds. The molecule has 0 fully saturated rings. The summed E-state index contributed by atoms with van der Waals surface area (Å²) in [6.45, 7) is 5.61. The van der Waals surface area contributed by atoms with E-state index in [0.29, 0.717) is 6.42 Å². The maximum absolute atomic E-state index is 10.6. The minimum absolute atomic E-state index is 0.0507. The number of benzene rings is 1. The number of nitro groups is 1. The number of aryl methyl sites for hydroxylation is 2. The van der Waals surface area contributed by atoms with Crippen LogP contribution in [-0.2, 0) is 6.42 Å². The standard InChI is InChI=1S/C15H17NO4/c1-9-10(2)20-11(3)15(9)14(17)8-12-4-6-13(7-5-12)16(18)19/h4-7,14,17H,8H2,1-3H3. The Balaban J connectivity index is 2.19. The maximum Gasteiger partial charge on any atom is 0.269 e. The number of aliphatic hydroxyl groups excluding tert-OH is 1. The summed E-state index contributed by atoms with van der Waals surface area (Å²) < 4.78 is 5.51. The summed E-state index contributed by atoms with van der Waals surface area (Å²) >= 11 is 0. The monoisotopic (exact) mass is 275 g/mol. The van der Waals surface area contributed by atoms with Crippen LogP contribution in [-0.4, -0.2) is 10.0 Å². The van der Waals surface area contributed by atoms with Gasteiger partial charge in [0, 0.05) is 24.1 Å². The molecule has 20 heavy (non-hydrogen) atoms. The molecule has 0 aliphatic carbocycles. The molecule has 0 saturated heterocycles. The highest BCUT2D eigenvalue weighted by Gasteiger charge is 2.19. The summed E-state index contributed by atoms with van der Waals surface area (Å²) in [4.78, 5) is 10.2. The van der Waals surface area contributed by atoms with E-state index < -0.39 is 11.0 Å². The highest BCUT2D eigenvalue weighted by molar-refractivity contribution is 5.36. The van der Waals surface area contributed by atoms with Crippen molar-refractivity contribution >= 4 is 5.69 Å². The van der Waals surface area contributed by atoms with Crippen LogP contribution in [0, 0.1) is 30.9 Å². The molecular weight excluding hydrogens is 258 g/mol. The van der Waals surface area contributed by atoms with Crippen molar-refractivity contribution in [3.05, 3.63) is 62.6 Å². The van der Waals surface area contributed by atoms with Crippen LogP contribution in [0.4, 0.5) is 5.69 Å². The van der Waals surface area contributed by atoms with E-state index in [0.717, 1.165) is 28.2 Å². The van der Waals surface area contributed by atoms with Crippen molar-refractivity contribution in [3.8, 4) is 0 Å².